The zero-order valence-electron chi connectivity index (χ0n) is 14.0. The van der Waals surface area contributed by atoms with Crippen LogP contribution >= 0.6 is 0 Å². The Kier molecular flexibility index (Phi) is 3.07. The van der Waals surface area contributed by atoms with Crippen molar-refractivity contribution < 1.29 is 19.7 Å². The number of phenols is 2. The van der Waals surface area contributed by atoms with Gasteiger partial charge >= 0.3 is 0 Å². The summed E-state index contributed by atoms with van der Waals surface area (Å²) in [5.41, 5.74) is 3.14. The Balaban J connectivity index is 1.96. The number of ether oxygens (including phenoxy) is 2. The molecule has 0 unspecified atom stereocenters. The highest BCUT2D eigenvalue weighted by Crippen LogP contribution is 2.51. The largest absolute Gasteiger partial charge is 0.507 e. The maximum absolute atomic E-state index is 10.7. The fourth-order valence-electron chi connectivity index (χ4n) is 3.37. The van der Waals surface area contributed by atoms with Crippen LogP contribution in [0.2, 0.25) is 0 Å². The molecule has 0 bridgehead atoms. The third-order valence-corrected chi connectivity index (χ3v) is 4.72. The van der Waals surface area contributed by atoms with Gasteiger partial charge < -0.3 is 19.7 Å². The first-order valence-electron chi connectivity index (χ1n) is 8.06. The predicted molar refractivity (Wildman–Crippen MR) is 92.9 cm³/mol. The van der Waals surface area contributed by atoms with Gasteiger partial charge in [0.25, 0.3) is 0 Å². The van der Waals surface area contributed by atoms with E-state index in [1.54, 1.807) is 24.3 Å². The molecule has 124 valence electrons. The van der Waals surface area contributed by atoms with Crippen LogP contribution in [0.1, 0.15) is 36.1 Å². The van der Waals surface area contributed by atoms with E-state index in [9.17, 15) is 10.2 Å². The molecule has 4 nitrogen and oxygen atoms in total. The summed E-state index contributed by atoms with van der Waals surface area (Å²) in [5.74, 6) is 1.93. The minimum atomic E-state index is 0.0228. The lowest BCUT2D eigenvalue weighted by molar-refractivity contribution is 0.153. The van der Waals surface area contributed by atoms with E-state index in [1.807, 2.05) is 13.0 Å². The smallest absolute Gasteiger partial charge is 0.180 e. The van der Waals surface area contributed by atoms with Gasteiger partial charge in [-0.25, -0.2) is 0 Å². The van der Waals surface area contributed by atoms with Crippen molar-refractivity contribution >= 4 is 12.2 Å². The maximum atomic E-state index is 10.7. The molecule has 0 aromatic heterocycles. The average Bonchev–Trinajstić information content (AvgIpc) is 2.73. The van der Waals surface area contributed by atoms with Crippen LogP contribution in [0.15, 0.2) is 18.2 Å². The summed E-state index contributed by atoms with van der Waals surface area (Å²) in [6, 6.07) is 5.10. The Hall–Kier alpha value is -2.62. The minimum absolute atomic E-state index is 0.0228. The molecule has 2 aliphatic heterocycles. The molecule has 0 aliphatic carbocycles. The van der Waals surface area contributed by atoms with Crippen LogP contribution in [0.3, 0.4) is 0 Å². The van der Waals surface area contributed by atoms with Crippen molar-refractivity contribution in [1.29, 1.82) is 0 Å². The van der Waals surface area contributed by atoms with Gasteiger partial charge in [-0.05, 0) is 37.6 Å². The van der Waals surface area contributed by atoms with Gasteiger partial charge in [-0.1, -0.05) is 19.9 Å². The third-order valence-electron chi connectivity index (χ3n) is 4.72. The lowest BCUT2D eigenvalue weighted by Crippen LogP contribution is -2.29. The van der Waals surface area contributed by atoms with Crippen molar-refractivity contribution in [2.75, 3.05) is 6.61 Å². The molecular formula is C20H20O4. The van der Waals surface area contributed by atoms with Gasteiger partial charge in [0.2, 0.25) is 0 Å². The van der Waals surface area contributed by atoms with E-state index < -0.39 is 0 Å². The number of rotatable bonds is 0. The first kappa shape index (κ1) is 14.9. The van der Waals surface area contributed by atoms with Crippen molar-refractivity contribution in [3.63, 3.8) is 0 Å². The summed E-state index contributed by atoms with van der Waals surface area (Å²) in [5, 5.41) is 20.8. The second-order valence-electron chi connectivity index (χ2n) is 7.28. The molecule has 24 heavy (non-hydrogen) atoms. The molecule has 0 radical (unpaired) electrons. The highest BCUT2D eigenvalue weighted by Gasteiger charge is 2.33. The summed E-state index contributed by atoms with van der Waals surface area (Å²) < 4.78 is 12.0. The molecule has 2 N–H and O–H groups in total. The molecular weight excluding hydrogens is 304 g/mol. The van der Waals surface area contributed by atoms with Crippen LogP contribution in [0.5, 0.6) is 28.7 Å². The molecule has 2 aromatic carbocycles. The van der Waals surface area contributed by atoms with E-state index in [1.165, 1.54) is 0 Å². The number of phenolic OH excluding ortho intramolecular Hbond substituents is 2. The van der Waals surface area contributed by atoms with Gasteiger partial charge in [-0.15, -0.1) is 0 Å². The molecule has 2 aromatic rings. The van der Waals surface area contributed by atoms with E-state index in [-0.39, 0.29) is 16.9 Å². The van der Waals surface area contributed by atoms with E-state index in [0.29, 0.717) is 23.7 Å². The van der Waals surface area contributed by atoms with Crippen molar-refractivity contribution in [2.24, 2.45) is 5.41 Å². The van der Waals surface area contributed by atoms with Gasteiger partial charge in [0.05, 0.1) is 17.7 Å². The highest BCUT2D eigenvalue weighted by molar-refractivity contribution is 5.85. The molecule has 2 aliphatic rings. The lowest BCUT2D eigenvalue weighted by atomic mass is 9.81. The monoisotopic (exact) mass is 324 g/mol. The Bertz CT molecular complexity index is 878. The molecule has 0 saturated heterocycles. The number of hydrogen-bond donors (Lipinski definition) is 2. The second kappa shape index (κ2) is 4.94. The molecule has 0 amide bonds. The third kappa shape index (κ3) is 2.13. The van der Waals surface area contributed by atoms with Crippen LogP contribution in [0.25, 0.3) is 12.2 Å². The maximum Gasteiger partial charge on any atom is 0.180 e. The molecule has 4 rings (SSSR count). The quantitative estimate of drug-likeness (QED) is 0.632. The summed E-state index contributed by atoms with van der Waals surface area (Å²) in [7, 11) is 0. The Morgan fingerprint density at radius 3 is 2.58 bits per heavy atom. The molecule has 0 spiro atoms. The summed E-state index contributed by atoms with van der Waals surface area (Å²) in [6.45, 7) is 6.81. The van der Waals surface area contributed by atoms with E-state index in [0.717, 1.165) is 28.9 Å². The Labute approximate surface area is 141 Å². The molecule has 0 saturated carbocycles. The average molecular weight is 324 g/mol. The Morgan fingerprint density at radius 1 is 1.04 bits per heavy atom. The van der Waals surface area contributed by atoms with Gasteiger partial charge in [0.1, 0.15) is 17.2 Å². The summed E-state index contributed by atoms with van der Waals surface area (Å²) in [4.78, 5) is 0. The van der Waals surface area contributed by atoms with E-state index >= 15 is 0 Å². The summed E-state index contributed by atoms with van der Waals surface area (Å²) in [6.07, 6.45) is 4.48. The number of benzene rings is 2. The zero-order valence-corrected chi connectivity index (χ0v) is 14.0. The molecule has 2 heterocycles. The van der Waals surface area contributed by atoms with Crippen molar-refractivity contribution in [3.05, 3.63) is 40.5 Å². The van der Waals surface area contributed by atoms with Crippen molar-refractivity contribution in [2.45, 2.75) is 27.2 Å². The Morgan fingerprint density at radius 2 is 1.79 bits per heavy atom. The summed E-state index contributed by atoms with van der Waals surface area (Å²) >= 11 is 0. The first-order chi connectivity index (χ1) is 11.4. The van der Waals surface area contributed by atoms with Crippen LogP contribution < -0.4 is 9.47 Å². The lowest BCUT2D eigenvalue weighted by Gasteiger charge is -2.34. The van der Waals surface area contributed by atoms with Crippen molar-refractivity contribution in [3.8, 4) is 28.7 Å². The second-order valence-corrected chi connectivity index (χ2v) is 7.28. The zero-order chi connectivity index (χ0) is 17.1. The molecule has 0 fully saturated rings. The van der Waals surface area contributed by atoms with E-state index in [4.69, 9.17) is 9.47 Å². The van der Waals surface area contributed by atoms with Crippen LogP contribution in [-0.2, 0) is 6.42 Å². The molecule has 4 heteroatoms. The van der Waals surface area contributed by atoms with Gasteiger partial charge in [-0.2, -0.15) is 0 Å². The highest BCUT2D eigenvalue weighted by atomic mass is 16.5. The standard InChI is InChI=1S/C20H20O4/c1-11-14-9-20(2,3)10-23-18(14)13-8-7-12-15(21)5-4-6-16(12)24-19(13)17(11)22/h4-8,21-22H,9-10H2,1-3H3. The van der Waals surface area contributed by atoms with Crippen molar-refractivity contribution in [1.82, 2.24) is 0 Å². The number of hydrogen-bond acceptors (Lipinski definition) is 4. The minimum Gasteiger partial charge on any atom is -0.507 e. The fourth-order valence-corrected chi connectivity index (χ4v) is 3.37. The van der Waals surface area contributed by atoms with Crippen LogP contribution in [0.4, 0.5) is 0 Å². The fraction of sp³-hybridized carbons (Fsp3) is 0.300. The topological polar surface area (TPSA) is 58.9 Å². The van der Waals surface area contributed by atoms with Crippen LogP contribution in [-0.4, -0.2) is 16.8 Å². The predicted octanol–water partition coefficient (Wildman–Crippen LogP) is 4.64. The van der Waals surface area contributed by atoms with Crippen LogP contribution in [0, 0.1) is 12.3 Å². The SMILES string of the molecule is Cc1c(O)c2c(c3c1CC(C)(C)CO3)C=Cc1c(O)cccc1O2. The van der Waals surface area contributed by atoms with E-state index in [2.05, 4.69) is 13.8 Å². The number of fused-ring (bicyclic) bond motifs is 4. The van der Waals surface area contributed by atoms with Gasteiger partial charge in [0.15, 0.2) is 11.5 Å². The first-order valence-corrected chi connectivity index (χ1v) is 8.06. The normalized spacial score (nSPS) is 17.0. The molecule has 0 atom stereocenters. The van der Waals surface area contributed by atoms with Gasteiger partial charge in [0, 0.05) is 16.5 Å². The number of aromatic hydroxyl groups is 2. The van der Waals surface area contributed by atoms with Gasteiger partial charge in [-0.3, -0.25) is 0 Å².